The number of amides is 3. The number of rotatable bonds is 6. The SMILES string of the molecule is CC(O)CNC(=O)NC(=O)[C@H](CC1CCCC1)c1ccc(Cl)c(Cl)c1. The molecule has 138 valence electrons. The average molecular weight is 387 g/mol. The highest BCUT2D eigenvalue weighted by atomic mass is 35.5. The topological polar surface area (TPSA) is 78.4 Å². The van der Waals surface area contributed by atoms with Crippen LogP contribution in [0.25, 0.3) is 0 Å². The summed E-state index contributed by atoms with van der Waals surface area (Å²) in [4.78, 5) is 24.5. The first-order valence-corrected chi connectivity index (χ1v) is 9.34. The fourth-order valence-electron chi connectivity index (χ4n) is 3.19. The molecule has 1 aliphatic rings. The summed E-state index contributed by atoms with van der Waals surface area (Å²) in [6.45, 7) is 1.64. The highest BCUT2D eigenvalue weighted by Gasteiger charge is 2.28. The van der Waals surface area contributed by atoms with Gasteiger partial charge in [0.15, 0.2) is 0 Å². The molecule has 0 saturated heterocycles. The van der Waals surface area contributed by atoms with Crippen LogP contribution in [0, 0.1) is 5.92 Å². The second-order valence-electron chi connectivity index (χ2n) is 6.66. The lowest BCUT2D eigenvalue weighted by Crippen LogP contribution is -2.44. The number of carbonyl (C=O) groups is 2. The van der Waals surface area contributed by atoms with E-state index in [4.69, 9.17) is 23.2 Å². The van der Waals surface area contributed by atoms with Crippen molar-refractivity contribution in [1.29, 1.82) is 0 Å². The van der Waals surface area contributed by atoms with E-state index in [0.29, 0.717) is 22.4 Å². The molecule has 1 unspecified atom stereocenters. The lowest BCUT2D eigenvalue weighted by molar-refractivity contribution is -0.121. The second kappa shape index (κ2) is 9.41. The fourth-order valence-corrected chi connectivity index (χ4v) is 3.49. The van der Waals surface area contributed by atoms with Gasteiger partial charge in [0.05, 0.1) is 22.1 Å². The number of urea groups is 1. The van der Waals surface area contributed by atoms with Gasteiger partial charge < -0.3 is 10.4 Å². The molecule has 0 aromatic heterocycles. The van der Waals surface area contributed by atoms with Crippen LogP contribution in [0.3, 0.4) is 0 Å². The lowest BCUT2D eigenvalue weighted by atomic mass is 9.87. The van der Waals surface area contributed by atoms with E-state index < -0.39 is 18.1 Å². The normalized spacial score (nSPS) is 17.1. The summed E-state index contributed by atoms with van der Waals surface area (Å²) in [5.74, 6) is -0.366. The van der Waals surface area contributed by atoms with Crippen molar-refractivity contribution in [3.63, 3.8) is 0 Å². The molecule has 0 bridgehead atoms. The summed E-state index contributed by atoms with van der Waals surface area (Å²) in [6.07, 6.45) is 4.54. The van der Waals surface area contributed by atoms with E-state index in [0.717, 1.165) is 18.4 Å². The number of aliphatic hydroxyl groups is 1. The van der Waals surface area contributed by atoms with E-state index in [9.17, 15) is 14.7 Å². The van der Waals surface area contributed by atoms with Crippen molar-refractivity contribution in [2.24, 2.45) is 5.92 Å². The Morgan fingerprint density at radius 3 is 2.52 bits per heavy atom. The fraction of sp³-hybridized carbons (Fsp3) is 0.556. The quantitative estimate of drug-likeness (QED) is 0.694. The largest absolute Gasteiger partial charge is 0.392 e. The van der Waals surface area contributed by atoms with Crippen LogP contribution in [0.5, 0.6) is 0 Å². The third-order valence-electron chi connectivity index (χ3n) is 4.50. The summed E-state index contributed by atoms with van der Waals surface area (Å²) in [5, 5.41) is 14.9. The number of nitrogens with one attached hydrogen (secondary N) is 2. The van der Waals surface area contributed by atoms with E-state index >= 15 is 0 Å². The number of halogens is 2. The Hall–Kier alpha value is -1.30. The van der Waals surface area contributed by atoms with Crippen molar-refractivity contribution in [3.8, 4) is 0 Å². The third-order valence-corrected chi connectivity index (χ3v) is 5.24. The smallest absolute Gasteiger partial charge is 0.321 e. The first kappa shape index (κ1) is 20.0. The molecule has 25 heavy (non-hydrogen) atoms. The number of imide groups is 1. The monoisotopic (exact) mass is 386 g/mol. The molecule has 2 atom stereocenters. The number of benzene rings is 1. The van der Waals surface area contributed by atoms with Crippen molar-refractivity contribution in [2.75, 3.05) is 6.54 Å². The number of carbonyl (C=O) groups excluding carboxylic acids is 2. The van der Waals surface area contributed by atoms with Crippen molar-refractivity contribution in [1.82, 2.24) is 10.6 Å². The van der Waals surface area contributed by atoms with E-state index in [1.165, 1.54) is 12.8 Å². The van der Waals surface area contributed by atoms with Gasteiger partial charge in [-0.05, 0) is 37.0 Å². The van der Waals surface area contributed by atoms with Gasteiger partial charge in [0.2, 0.25) is 5.91 Å². The molecular weight excluding hydrogens is 363 g/mol. The van der Waals surface area contributed by atoms with E-state index in [1.807, 2.05) is 0 Å². The Bertz CT molecular complexity index is 616. The van der Waals surface area contributed by atoms with Crippen LogP contribution < -0.4 is 10.6 Å². The minimum Gasteiger partial charge on any atom is -0.392 e. The molecule has 3 amide bonds. The van der Waals surface area contributed by atoms with Gasteiger partial charge in [-0.25, -0.2) is 4.79 Å². The molecule has 0 heterocycles. The third kappa shape index (κ3) is 6.17. The Morgan fingerprint density at radius 2 is 1.92 bits per heavy atom. The zero-order chi connectivity index (χ0) is 18.4. The van der Waals surface area contributed by atoms with E-state index in [2.05, 4.69) is 10.6 Å². The van der Waals surface area contributed by atoms with Crippen LogP contribution in [0.1, 0.15) is 50.5 Å². The number of hydrogen-bond donors (Lipinski definition) is 3. The van der Waals surface area contributed by atoms with Gasteiger partial charge in [-0.3, -0.25) is 10.1 Å². The Morgan fingerprint density at radius 1 is 1.24 bits per heavy atom. The standard InChI is InChI=1S/C18H24Cl2N2O3/c1-11(23)10-21-18(25)22-17(24)14(8-12-4-2-3-5-12)13-6-7-15(19)16(20)9-13/h6-7,9,11-12,14,23H,2-5,8,10H2,1H3,(H2,21,22,24,25)/t11?,14-/m1/s1. The van der Waals surface area contributed by atoms with Gasteiger partial charge in [-0.2, -0.15) is 0 Å². The van der Waals surface area contributed by atoms with E-state index in [-0.39, 0.29) is 12.5 Å². The van der Waals surface area contributed by atoms with Gasteiger partial charge in [-0.15, -0.1) is 0 Å². The highest BCUT2D eigenvalue weighted by molar-refractivity contribution is 6.42. The summed E-state index contributed by atoms with van der Waals surface area (Å²) >= 11 is 12.1. The molecule has 0 spiro atoms. The maximum absolute atomic E-state index is 12.7. The molecule has 1 saturated carbocycles. The van der Waals surface area contributed by atoms with Gasteiger partial charge in [0, 0.05) is 6.54 Å². The van der Waals surface area contributed by atoms with Crippen molar-refractivity contribution >= 4 is 35.1 Å². The first-order valence-electron chi connectivity index (χ1n) is 8.58. The highest BCUT2D eigenvalue weighted by Crippen LogP contribution is 2.36. The van der Waals surface area contributed by atoms with Crippen LogP contribution in [-0.2, 0) is 4.79 Å². The Balaban J connectivity index is 2.10. The second-order valence-corrected chi connectivity index (χ2v) is 7.48. The summed E-state index contributed by atoms with van der Waals surface area (Å²) in [7, 11) is 0. The van der Waals surface area contributed by atoms with Crippen molar-refractivity contribution in [2.45, 2.75) is 51.0 Å². The molecule has 5 nitrogen and oxygen atoms in total. The van der Waals surface area contributed by atoms with Crippen LogP contribution in [-0.4, -0.2) is 29.7 Å². The van der Waals surface area contributed by atoms with Gasteiger partial charge in [0.1, 0.15) is 0 Å². The summed E-state index contributed by atoms with van der Waals surface area (Å²) < 4.78 is 0. The maximum atomic E-state index is 12.7. The molecule has 1 aromatic carbocycles. The zero-order valence-corrected chi connectivity index (χ0v) is 15.7. The van der Waals surface area contributed by atoms with Crippen LogP contribution >= 0.6 is 23.2 Å². The molecule has 1 aliphatic carbocycles. The number of aliphatic hydroxyl groups excluding tert-OH is 1. The first-order chi connectivity index (χ1) is 11.9. The van der Waals surface area contributed by atoms with Gasteiger partial charge >= 0.3 is 6.03 Å². The zero-order valence-electron chi connectivity index (χ0n) is 14.2. The van der Waals surface area contributed by atoms with Gasteiger partial charge in [-0.1, -0.05) is 55.0 Å². The minimum atomic E-state index is -0.676. The minimum absolute atomic E-state index is 0.0825. The predicted molar refractivity (Wildman–Crippen MR) is 99.0 cm³/mol. The number of hydrogen-bond acceptors (Lipinski definition) is 3. The molecule has 2 rings (SSSR count). The van der Waals surface area contributed by atoms with Crippen LogP contribution in [0.2, 0.25) is 10.0 Å². The summed E-state index contributed by atoms with van der Waals surface area (Å²) in [6, 6.07) is 4.53. The molecule has 7 heteroatoms. The molecule has 1 fully saturated rings. The van der Waals surface area contributed by atoms with Gasteiger partial charge in [0.25, 0.3) is 0 Å². The van der Waals surface area contributed by atoms with E-state index in [1.54, 1.807) is 25.1 Å². The average Bonchev–Trinajstić information content (AvgIpc) is 3.06. The summed E-state index contributed by atoms with van der Waals surface area (Å²) in [5.41, 5.74) is 0.752. The van der Waals surface area contributed by atoms with Crippen LogP contribution in [0.4, 0.5) is 4.79 Å². The molecule has 1 aromatic rings. The molecular formula is C18H24Cl2N2O3. The molecule has 3 N–H and O–H groups in total. The Labute approximate surface area is 158 Å². The predicted octanol–water partition coefficient (Wildman–Crippen LogP) is 3.86. The van der Waals surface area contributed by atoms with Crippen molar-refractivity contribution < 1.29 is 14.7 Å². The van der Waals surface area contributed by atoms with Crippen molar-refractivity contribution in [3.05, 3.63) is 33.8 Å². The van der Waals surface area contributed by atoms with Crippen LogP contribution in [0.15, 0.2) is 18.2 Å². The molecule has 0 radical (unpaired) electrons. The molecule has 0 aliphatic heterocycles. The maximum Gasteiger partial charge on any atom is 0.321 e. The lowest BCUT2D eigenvalue weighted by Gasteiger charge is -2.21. The Kier molecular flexibility index (Phi) is 7.54.